The molecule has 4 unspecified atom stereocenters. The largest absolute Gasteiger partial charge is 0.462 e. The number of carbonyl (C=O) groups is 1. The maximum absolute atomic E-state index is 12.1. The van der Waals surface area contributed by atoms with Gasteiger partial charge in [0.1, 0.15) is 6.10 Å². The average Bonchev–Trinajstić information content (AvgIpc) is 3.32. The highest BCUT2D eigenvalue weighted by atomic mass is 16.5. The lowest BCUT2D eigenvalue weighted by Crippen LogP contribution is -2.71. The van der Waals surface area contributed by atoms with Crippen LogP contribution in [0.25, 0.3) is 0 Å². The Labute approximate surface area is 166 Å². The van der Waals surface area contributed by atoms with Crippen molar-refractivity contribution in [2.75, 3.05) is 6.54 Å². The Bertz CT molecular complexity index is 827. The van der Waals surface area contributed by atoms with Gasteiger partial charge in [0.25, 0.3) is 0 Å². The van der Waals surface area contributed by atoms with Gasteiger partial charge < -0.3 is 14.9 Å². The van der Waals surface area contributed by atoms with Crippen molar-refractivity contribution in [3.8, 4) is 0 Å². The molecule has 6 aliphatic carbocycles. The lowest BCUT2D eigenvalue weighted by atomic mass is 9.38. The van der Waals surface area contributed by atoms with E-state index in [1.807, 2.05) is 0 Å². The normalized spacial score (nSPS) is 67.1. The summed E-state index contributed by atoms with van der Waals surface area (Å²) in [5.41, 5.74) is 0.636. The SMILES string of the molecule is C=C1[C@H]2CC[C@@]3(C4C[C@H]5[C@]6(C4N4CC4[C@@]5(C)CC[C@@H]6OC(C)=O)[C@@H]3[C@H]2O)[C@@H]1O. The van der Waals surface area contributed by atoms with Gasteiger partial charge in [-0.2, -0.15) is 0 Å². The highest BCUT2D eigenvalue weighted by Crippen LogP contribution is 2.85. The fraction of sp³-hybridized carbons (Fsp3) is 0.870. The highest BCUT2D eigenvalue weighted by Gasteiger charge is 2.89. The summed E-state index contributed by atoms with van der Waals surface area (Å²) >= 11 is 0. The van der Waals surface area contributed by atoms with E-state index in [2.05, 4.69) is 18.4 Å². The Morgan fingerprint density at radius 2 is 2.07 bits per heavy atom. The molecule has 5 nitrogen and oxygen atoms in total. The van der Waals surface area contributed by atoms with Gasteiger partial charge in [-0.1, -0.05) is 13.5 Å². The zero-order valence-corrected chi connectivity index (χ0v) is 16.8. The van der Waals surface area contributed by atoms with Crippen molar-refractivity contribution in [3.63, 3.8) is 0 Å². The molecule has 0 amide bonds. The zero-order chi connectivity index (χ0) is 19.4. The molecular formula is C23H31NO4. The van der Waals surface area contributed by atoms with E-state index >= 15 is 0 Å². The van der Waals surface area contributed by atoms with Crippen molar-refractivity contribution in [2.45, 2.75) is 76.3 Å². The molecule has 2 spiro atoms. The van der Waals surface area contributed by atoms with Crippen molar-refractivity contribution in [1.29, 1.82) is 0 Å². The van der Waals surface area contributed by atoms with E-state index in [0.717, 1.165) is 44.2 Å². The van der Waals surface area contributed by atoms with Crippen LogP contribution in [0.15, 0.2) is 12.2 Å². The Morgan fingerprint density at radius 3 is 2.82 bits per heavy atom. The van der Waals surface area contributed by atoms with E-state index < -0.39 is 12.2 Å². The van der Waals surface area contributed by atoms with Gasteiger partial charge in [0.15, 0.2) is 0 Å². The minimum atomic E-state index is -0.518. The summed E-state index contributed by atoms with van der Waals surface area (Å²) in [4.78, 5) is 14.8. The molecule has 6 saturated carbocycles. The van der Waals surface area contributed by atoms with Gasteiger partial charge in [0, 0.05) is 48.2 Å². The van der Waals surface area contributed by atoms with Gasteiger partial charge in [0.05, 0.1) is 12.2 Å². The predicted molar refractivity (Wildman–Crippen MR) is 101 cm³/mol. The standard InChI is InChI=1S/C23H31NO4/c1-10-12-4-7-22(20(10)27)13-8-14-21(3)6-5-16(28-11(2)25)23(14,18(22)17(12)26)19(13)24-9-15(21)24/h12-20,26-27H,1,4-9H2,2-3H3/t12-,13?,14-,15?,16+,17+,18-,19?,20-,21+,22+,23-,24?/m1/s1. The number of aliphatic hydroxyl groups excluding tert-OH is 2. The van der Waals surface area contributed by atoms with Crippen molar-refractivity contribution in [3.05, 3.63) is 12.2 Å². The number of fused-ring (bicyclic) bond motifs is 4. The van der Waals surface area contributed by atoms with Crippen molar-refractivity contribution >= 4 is 5.97 Å². The summed E-state index contributed by atoms with van der Waals surface area (Å²) in [5, 5.41) is 23.1. The van der Waals surface area contributed by atoms with Crippen molar-refractivity contribution in [2.24, 2.45) is 39.9 Å². The average molecular weight is 386 g/mol. The summed E-state index contributed by atoms with van der Waals surface area (Å²) in [5.74, 6) is 0.689. The Balaban J connectivity index is 1.49. The van der Waals surface area contributed by atoms with Crippen LogP contribution in [0.2, 0.25) is 0 Å². The molecule has 0 aromatic heterocycles. The topological polar surface area (TPSA) is 69.8 Å². The fourth-order valence-electron chi connectivity index (χ4n) is 10.6. The molecule has 152 valence electrons. The van der Waals surface area contributed by atoms with Crippen LogP contribution in [0.3, 0.4) is 0 Å². The van der Waals surface area contributed by atoms with E-state index in [-0.39, 0.29) is 40.2 Å². The summed E-state index contributed by atoms with van der Waals surface area (Å²) < 4.78 is 6.07. The molecule has 8 rings (SSSR count). The number of piperidine rings is 1. The second-order valence-electron chi connectivity index (χ2n) is 11.4. The Hall–Kier alpha value is -0.910. The summed E-state index contributed by atoms with van der Waals surface area (Å²) in [6.45, 7) is 9.36. The van der Waals surface area contributed by atoms with Crippen LogP contribution >= 0.6 is 0 Å². The molecule has 8 fully saturated rings. The van der Waals surface area contributed by atoms with Gasteiger partial charge in [0.2, 0.25) is 0 Å². The second kappa shape index (κ2) is 4.55. The van der Waals surface area contributed by atoms with Crippen LogP contribution in [0.5, 0.6) is 0 Å². The minimum absolute atomic E-state index is 0.00696. The van der Waals surface area contributed by atoms with Gasteiger partial charge in [-0.05, 0) is 54.9 Å². The second-order valence-corrected chi connectivity index (χ2v) is 11.4. The molecule has 0 aromatic carbocycles. The summed E-state index contributed by atoms with van der Waals surface area (Å²) in [7, 11) is 0. The van der Waals surface area contributed by atoms with Gasteiger partial charge in [-0.3, -0.25) is 9.69 Å². The molecule has 7 bridgehead atoms. The quantitative estimate of drug-likeness (QED) is 0.409. The third-order valence-corrected chi connectivity index (χ3v) is 11.1. The van der Waals surface area contributed by atoms with E-state index in [1.54, 1.807) is 0 Å². The molecule has 28 heavy (non-hydrogen) atoms. The molecular weight excluding hydrogens is 354 g/mol. The van der Waals surface area contributed by atoms with Gasteiger partial charge in [-0.25, -0.2) is 0 Å². The van der Waals surface area contributed by atoms with E-state index in [0.29, 0.717) is 23.9 Å². The first-order chi connectivity index (χ1) is 13.3. The molecule has 5 heteroatoms. The van der Waals surface area contributed by atoms with Crippen LogP contribution < -0.4 is 0 Å². The smallest absolute Gasteiger partial charge is 0.302 e. The number of carbonyl (C=O) groups excluding carboxylic acids is 1. The Morgan fingerprint density at radius 1 is 1.29 bits per heavy atom. The third kappa shape index (κ3) is 1.37. The molecule has 0 aromatic rings. The number of rotatable bonds is 1. The molecule has 8 aliphatic rings. The van der Waals surface area contributed by atoms with Crippen LogP contribution in [0.1, 0.15) is 46.0 Å². The van der Waals surface area contributed by atoms with Gasteiger partial charge in [-0.15, -0.1) is 0 Å². The van der Waals surface area contributed by atoms with Crippen LogP contribution in [-0.2, 0) is 9.53 Å². The van der Waals surface area contributed by atoms with E-state index in [9.17, 15) is 15.0 Å². The lowest BCUT2D eigenvalue weighted by Gasteiger charge is -2.68. The fourth-order valence-corrected chi connectivity index (χ4v) is 10.6. The van der Waals surface area contributed by atoms with Crippen LogP contribution in [-0.4, -0.2) is 58.0 Å². The number of nitrogens with zero attached hydrogens (tertiary/aromatic N) is 1. The number of hydrogen-bond acceptors (Lipinski definition) is 5. The first-order valence-electron chi connectivity index (χ1n) is 11.3. The summed E-state index contributed by atoms with van der Waals surface area (Å²) in [6, 6.07) is 0.990. The number of aliphatic hydroxyl groups is 2. The molecule has 2 heterocycles. The lowest BCUT2D eigenvalue weighted by molar-refractivity contribution is -0.255. The first kappa shape index (κ1) is 16.8. The summed E-state index contributed by atoms with van der Waals surface area (Å²) in [6.07, 6.45) is 3.94. The van der Waals surface area contributed by atoms with E-state index in [4.69, 9.17) is 4.74 Å². The molecule has 2 saturated heterocycles. The minimum Gasteiger partial charge on any atom is -0.462 e. The van der Waals surface area contributed by atoms with E-state index in [1.165, 1.54) is 6.92 Å². The number of ether oxygens (including phenoxy) is 1. The van der Waals surface area contributed by atoms with Crippen molar-refractivity contribution in [1.82, 2.24) is 4.90 Å². The molecule has 2 N–H and O–H groups in total. The maximum Gasteiger partial charge on any atom is 0.302 e. The molecule has 13 atom stereocenters. The number of esters is 1. The first-order valence-corrected chi connectivity index (χ1v) is 11.3. The van der Waals surface area contributed by atoms with Crippen LogP contribution in [0, 0.1) is 39.9 Å². The molecule has 0 radical (unpaired) electrons. The third-order valence-electron chi connectivity index (χ3n) is 11.1. The monoisotopic (exact) mass is 385 g/mol. The zero-order valence-electron chi connectivity index (χ0n) is 16.8. The highest BCUT2D eigenvalue weighted by molar-refractivity contribution is 5.66. The van der Waals surface area contributed by atoms with Crippen LogP contribution in [0.4, 0.5) is 0 Å². The predicted octanol–water partition coefficient (Wildman–Crippen LogP) is 1.72. The van der Waals surface area contributed by atoms with Crippen molar-refractivity contribution < 1.29 is 19.7 Å². The molecule has 2 aliphatic heterocycles. The maximum atomic E-state index is 12.1. The van der Waals surface area contributed by atoms with Gasteiger partial charge >= 0.3 is 5.97 Å². The number of hydrogen-bond donors (Lipinski definition) is 2. The Kier molecular flexibility index (Phi) is 2.74.